The van der Waals surface area contributed by atoms with E-state index in [0.717, 1.165) is 11.1 Å². The van der Waals surface area contributed by atoms with Gasteiger partial charge in [-0.1, -0.05) is 77.8 Å². The summed E-state index contributed by atoms with van der Waals surface area (Å²) in [5.74, 6) is 0.974. The first-order valence-corrected chi connectivity index (χ1v) is 12.5. The molecule has 0 aliphatic rings. The summed E-state index contributed by atoms with van der Waals surface area (Å²) in [4.78, 5) is 18.2. The summed E-state index contributed by atoms with van der Waals surface area (Å²) in [6.07, 6.45) is 1.55. The fraction of sp³-hybridized carbons (Fsp3) is 0.0357. The largest absolute Gasteiger partial charge is 0.487 e. The smallest absolute Gasteiger partial charge is 0.282 e. The number of fused-ring (bicyclic) bond motifs is 1. The Labute approximate surface area is 225 Å². The van der Waals surface area contributed by atoms with Crippen molar-refractivity contribution in [2.45, 2.75) is 6.61 Å². The van der Waals surface area contributed by atoms with Crippen LogP contribution in [0.15, 0.2) is 105 Å². The topological polar surface area (TPSA) is 56.5 Å². The molecule has 0 bridgehead atoms. The van der Waals surface area contributed by atoms with Crippen molar-refractivity contribution in [2.75, 3.05) is 0 Å². The number of aromatic nitrogens is 2. The molecule has 178 valence electrons. The summed E-state index contributed by atoms with van der Waals surface area (Å²) in [5.41, 5.74) is 2.64. The molecule has 0 radical (unpaired) electrons. The molecule has 0 amide bonds. The second-order valence-electron chi connectivity index (χ2n) is 7.90. The van der Waals surface area contributed by atoms with Crippen molar-refractivity contribution in [3.8, 4) is 17.1 Å². The van der Waals surface area contributed by atoms with E-state index in [9.17, 15) is 4.79 Å². The predicted molar refractivity (Wildman–Crippen MR) is 149 cm³/mol. The van der Waals surface area contributed by atoms with Crippen molar-refractivity contribution >= 4 is 56.2 Å². The fourth-order valence-corrected chi connectivity index (χ4v) is 4.76. The van der Waals surface area contributed by atoms with Crippen molar-refractivity contribution in [1.29, 1.82) is 0 Å². The molecule has 0 unspecified atom stereocenters. The molecule has 36 heavy (non-hydrogen) atoms. The molecule has 0 fully saturated rings. The molecule has 0 saturated heterocycles. The van der Waals surface area contributed by atoms with Crippen molar-refractivity contribution in [3.05, 3.63) is 127 Å². The van der Waals surface area contributed by atoms with Gasteiger partial charge in [0.25, 0.3) is 5.56 Å². The molecule has 5 nitrogen and oxygen atoms in total. The van der Waals surface area contributed by atoms with E-state index < -0.39 is 0 Å². The fourth-order valence-electron chi connectivity index (χ4n) is 3.69. The molecule has 1 heterocycles. The van der Waals surface area contributed by atoms with Gasteiger partial charge in [-0.3, -0.25) is 4.79 Å². The number of rotatable bonds is 6. The van der Waals surface area contributed by atoms with Gasteiger partial charge in [0.15, 0.2) is 5.82 Å². The maximum absolute atomic E-state index is 13.4. The average Bonchev–Trinajstić information content (AvgIpc) is 2.89. The Morgan fingerprint density at radius 2 is 1.64 bits per heavy atom. The molecular formula is C28H18BrCl2N3O2. The standard InChI is InChI=1S/C28H18BrCl2N3O2/c29-24-15-22(31)14-20(26(24)36-17-18-10-12-21(30)13-11-18)16-32-34-27(19-6-2-1-3-7-19)33-25-9-5-4-8-23(25)28(34)35/h1-16H,17H2. The number of halogens is 3. The number of nitrogens with zero attached hydrogens (tertiary/aromatic N) is 3. The summed E-state index contributed by atoms with van der Waals surface area (Å²) in [6.45, 7) is 0.311. The predicted octanol–water partition coefficient (Wildman–Crippen LogP) is 7.59. The Hall–Kier alpha value is -3.45. The van der Waals surface area contributed by atoms with Gasteiger partial charge >= 0.3 is 0 Å². The Bertz CT molecular complexity index is 1640. The minimum Gasteiger partial charge on any atom is -0.487 e. The Kier molecular flexibility index (Phi) is 7.18. The molecule has 0 N–H and O–H groups in total. The second kappa shape index (κ2) is 10.7. The molecule has 0 aliphatic heterocycles. The summed E-state index contributed by atoms with van der Waals surface area (Å²) >= 11 is 15.9. The molecule has 0 aliphatic carbocycles. The lowest BCUT2D eigenvalue weighted by molar-refractivity contribution is 0.304. The van der Waals surface area contributed by atoms with Crippen LogP contribution < -0.4 is 10.3 Å². The molecule has 5 aromatic rings. The van der Waals surface area contributed by atoms with Crippen LogP contribution in [0.2, 0.25) is 10.0 Å². The average molecular weight is 579 g/mol. The first-order chi connectivity index (χ1) is 17.5. The van der Waals surface area contributed by atoms with Crippen LogP contribution in [-0.2, 0) is 6.61 Å². The Balaban J connectivity index is 1.59. The van der Waals surface area contributed by atoms with E-state index in [-0.39, 0.29) is 5.56 Å². The van der Waals surface area contributed by atoms with Gasteiger partial charge in [-0.2, -0.15) is 9.78 Å². The van der Waals surface area contributed by atoms with Crippen LogP contribution in [0, 0.1) is 0 Å². The van der Waals surface area contributed by atoms with Gasteiger partial charge in [0.05, 0.1) is 21.6 Å². The first-order valence-electron chi connectivity index (χ1n) is 11.0. The quantitative estimate of drug-likeness (QED) is 0.195. The highest BCUT2D eigenvalue weighted by Gasteiger charge is 2.14. The van der Waals surface area contributed by atoms with Gasteiger partial charge in [-0.05, 0) is 57.9 Å². The molecular weight excluding hydrogens is 561 g/mol. The van der Waals surface area contributed by atoms with Gasteiger partial charge in [0, 0.05) is 21.2 Å². The summed E-state index contributed by atoms with van der Waals surface area (Å²) in [5, 5.41) is 6.17. The number of hydrogen-bond donors (Lipinski definition) is 0. The van der Waals surface area contributed by atoms with Gasteiger partial charge in [0.1, 0.15) is 12.4 Å². The molecule has 4 aromatic carbocycles. The van der Waals surface area contributed by atoms with E-state index in [1.807, 2.05) is 66.7 Å². The van der Waals surface area contributed by atoms with Crippen LogP contribution in [0.1, 0.15) is 11.1 Å². The van der Waals surface area contributed by atoms with Crippen LogP contribution >= 0.6 is 39.1 Å². The zero-order valence-electron chi connectivity index (χ0n) is 18.7. The van der Waals surface area contributed by atoms with Crippen molar-refractivity contribution < 1.29 is 4.74 Å². The summed E-state index contributed by atoms with van der Waals surface area (Å²) in [7, 11) is 0. The lowest BCUT2D eigenvalue weighted by atomic mass is 10.2. The van der Waals surface area contributed by atoms with Crippen LogP contribution in [0.25, 0.3) is 22.3 Å². The highest BCUT2D eigenvalue weighted by molar-refractivity contribution is 9.10. The SMILES string of the molecule is O=c1c2ccccc2nc(-c2ccccc2)n1N=Cc1cc(Cl)cc(Br)c1OCc1ccc(Cl)cc1. The maximum atomic E-state index is 13.4. The number of hydrogen-bond acceptors (Lipinski definition) is 4. The van der Waals surface area contributed by atoms with Crippen molar-refractivity contribution in [2.24, 2.45) is 5.10 Å². The highest BCUT2D eigenvalue weighted by atomic mass is 79.9. The van der Waals surface area contributed by atoms with Gasteiger partial charge in [-0.15, -0.1) is 0 Å². The summed E-state index contributed by atoms with van der Waals surface area (Å²) in [6, 6.07) is 27.6. The molecule has 5 rings (SSSR count). The minimum atomic E-state index is -0.277. The van der Waals surface area contributed by atoms with Crippen LogP contribution in [0.5, 0.6) is 5.75 Å². The zero-order chi connectivity index (χ0) is 25.1. The summed E-state index contributed by atoms with van der Waals surface area (Å²) < 4.78 is 8.08. The zero-order valence-corrected chi connectivity index (χ0v) is 21.8. The van der Waals surface area contributed by atoms with E-state index in [1.54, 1.807) is 30.5 Å². The molecule has 0 spiro atoms. The third kappa shape index (κ3) is 5.21. The molecule has 0 saturated carbocycles. The maximum Gasteiger partial charge on any atom is 0.282 e. The van der Waals surface area contributed by atoms with Crippen molar-refractivity contribution in [1.82, 2.24) is 9.66 Å². The van der Waals surface area contributed by atoms with E-state index in [2.05, 4.69) is 21.0 Å². The first kappa shape index (κ1) is 24.3. The number of para-hydroxylation sites is 1. The van der Waals surface area contributed by atoms with Gasteiger partial charge in [0.2, 0.25) is 0 Å². The minimum absolute atomic E-state index is 0.277. The van der Waals surface area contributed by atoms with E-state index in [1.165, 1.54) is 4.68 Å². The Morgan fingerprint density at radius 1 is 0.917 bits per heavy atom. The highest BCUT2D eigenvalue weighted by Crippen LogP contribution is 2.33. The molecule has 0 atom stereocenters. The van der Waals surface area contributed by atoms with Gasteiger partial charge in [-0.25, -0.2) is 4.98 Å². The van der Waals surface area contributed by atoms with Crippen LogP contribution in [-0.4, -0.2) is 15.9 Å². The second-order valence-corrected chi connectivity index (χ2v) is 9.63. The van der Waals surface area contributed by atoms with Crippen molar-refractivity contribution in [3.63, 3.8) is 0 Å². The molecule has 8 heteroatoms. The van der Waals surface area contributed by atoms with E-state index in [0.29, 0.717) is 49.2 Å². The molecule has 1 aromatic heterocycles. The number of ether oxygens (including phenoxy) is 1. The number of benzene rings is 4. The normalized spacial score (nSPS) is 11.3. The third-order valence-corrected chi connectivity index (χ3v) is 6.49. The Morgan fingerprint density at radius 3 is 2.42 bits per heavy atom. The van der Waals surface area contributed by atoms with Crippen LogP contribution in [0.4, 0.5) is 0 Å². The van der Waals surface area contributed by atoms with Gasteiger partial charge < -0.3 is 4.74 Å². The van der Waals surface area contributed by atoms with Crippen LogP contribution in [0.3, 0.4) is 0 Å². The van der Waals surface area contributed by atoms with E-state index in [4.69, 9.17) is 32.9 Å². The monoisotopic (exact) mass is 577 g/mol. The lowest BCUT2D eigenvalue weighted by Crippen LogP contribution is -2.20. The lowest BCUT2D eigenvalue weighted by Gasteiger charge is -2.13. The third-order valence-electron chi connectivity index (χ3n) is 5.43. The van der Waals surface area contributed by atoms with E-state index >= 15 is 0 Å².